The highest BCUT2D eigenvalue weighted by atomic mass is 33.1. The first-order valence-corrected chi connectivity index (χ1v) is 20.9. The van der Waals surface area contributed by atoms with Gasteiger partial charge in [0.25, 0.3) is 0 Å². The van der Waals surface area contributed by atoms with Gasteiger partial charge < -0.3 is 58.8 Å². The topological polar surface area (TPSA) is 326 Å². The Balaban J connectivity index is 1.61. The quantitative estimate of drug-likeness (QED) is 0.0534. The maximum atomic E-state index is 14.3. The van der Waals surface area contributed by atoms with Crippen molar-refractivity contribution in [2.24, 2.45) is 22.2 Å². The summed E-state index contributed by atoms with van der Waals surface area (Å²) >= 11 is 0. The SMILES string of the molecule is NC(=O)[C@@H]1CSSCCC(=O)N[C@H](CCCCN=C(N)N)C(=O)NCC(=O)N[C@@H](CC(=O)O)C(=O)N[C@@H](Cc2c[nH]c3ccccc23)C(=O)N2CCC[C@H]2C(=O)N1. The summed E-state index contributed by atoms with van der Waals surface area (Å²) < 4.78 is 0. The Morgan fingerprint density at radius 2 is 1.63 bits per heavy atom. The lowest BCUT2D eigenvalue weighted by Gasteiger charge is -2.30. The molecule has 0 radical (unpaired) electrons. The van der Waals surface area contributed by atoms with Crippen molar-refractivity contribution in [2.75, 3.05) is 31.1 Å². The molecule has 2 aromatic rings. The first-order chi connectivity index (χ1) is 27.2. The van der Waals surface area contributed by atoms with Crippen LogP contribution in [0.25, 0.3) is 10.9 Å². The van der Waals surface area contributed by atoms with E-state index in [2.05, 4.69) is 36.6 Å². The molecule has 0 bridgehead atoms. The van der Waals surface area contributed by atoms with Crippen LogP contribution in [0.1, 0.15) is 50.5 Å². The first kappa shape index (κ1) is 44.2. The zero-order valence-corrected chi connectivity index (χ0v) is 32.8. The van der Waals surface area contributed by atoms with Crippen LogP contribution >= 0.6 is 21.6 Å². The summed E-state index contributed by atoms with van der Waals surface area (Å²) in [4.78, 5) is 114. The number of unbranched alkanes of at least 4 members (excludes halogenated alkanes) is 1. The number of amides is 7. The number of aromatic amines is 1. The molecule has 0 unspecified atom stereocenters. The lowest BCUT2D eigenvalue weighted by atomic mass is 10.0. The Labute approximate surface area is 335 Å². The predicted octanol–water partition coefficient (Wildman–Crippen LogP) is -2.05. The number of aliphatic imine (C=N–C) groups is 1. The lowest BCUT2D eigenvalue weighted by molar-refractivity contribution is -0.143. The van der Waals surface area contributed by atoms with Gasteiger partial charge in [-0.1, -0.05) is 39.8 Å². The second-order valence-corrected chi connectivity index (χ2v) is 16.1. The maximum absolute atomic E-state index is 14.3. The summed E-state index contributed by atoms with van der Waals surface area (Å²) in [5.74, 6) is -6.35. The van der Waals surface area contributed by atoms with Gasteiger partial charge in [0.15, 0.2) is 5.96 Å². The second kappa shape index (κ2) is 21.7. The number of carbonyl (C=O) groups excluding carboxylic acids is 7. The Morgan fingerprint density at radius 1 is 0.877 bits per heavy atom. The fourth-order valence-electron chi connectivity index (χ4n) is 6.39. The van der Waals surface area contributed by atoms with Gasteiger partial charge in [0.1, 0.15) is 30.2 Å². The number of para-hydroxylation sites is 1. The number of nitrogens with zero attached hydrogens (tertiary/aromatic N) is 2. The summed E-state index contributed by atoms with van der Waals surface area (Å²) in [6.45, 7) is -0.233. The van der Waals surface area contributed by atoms with Gasteiger partial charge in [0, 0.05) is 54.5 Å². The highest BCUT2D eigenvalue weighted by Gasteiger charge is 2.40. The molecule has 2 saturated heterocycles. The number of guanidine groups is 1. The Bertz CT molecular complexity index is 1840. The van der Waals surface area contributed by atoms with E-state index in [0.29, 0.717) is 24.8 Å². The number of hydrogen-bond acceptors (Lipinski definition) is 11. The van der Waals surface area contributed by atoms with Gasteiger partial charge in [0.05, 0.1) is 13.0 Å². The van der Waals surface area contributed by atoms with Crippen molar-refractivity contribution in [2.45, 2.75) is 81.6 Å². The summed E-state index contributed by atoms with van der Waals surface area (Å²) in [6.07, 6.45) is 2.48. The molecule has 2 fully saturated rings. The van der Waals surface area contributed by atoms with E-state index < -0.39 is 90.5 Å². The molecule has 7 amide bonds. The van der Waals surface area contributed by atoms with E-state index in [0.717, 1.165) is 10.9 Å². The average molecular weight is 832 g/mol. The van der Waals surface area contributed by atoms with E-state index in [9.17, 15) is 43.5 Å². The maximum Gasteiger partial charge on any atom is 0.305 e. The van der Waals surface area contributed by atoms with E-state index >= 15 is 0 Å². The van der Waals surface area contributed by atoms with Gasteiger partial charge in [0.2, 0.25) is 41.4 Å². The zero-order valence-electron chi connectivity index (χ0n) is 31.1. The molecule has 22 heteroatoms. The van der Waals surface area contributed by atoms with Crippen molar-refractivity contribution in [1.82, 2.24) is 36.5 Å². The van der Waals surface area contributed by atoms with Crippen molar-refractivity contribution in [3.63, 3.8) is 0 Å². The number of carboxylic acid groups (broad SMARTS) is 1. The van der Waals surface area contributed by atoms with Crippen LogP contribution in [0.4, 0.5) is 0 Å². The molecule has 5 atom stereocenters. The summed E-state index contributed by atoms with van der Waals surface area (Å²) in [5, 5.41) is 23.1. The van der Waals surface area contributed by atoms with Crippen molar-refractivity contribution >= 4 is 85.8 Å². The monoisotopic (exact) mass is 831 g/mol. The van der Waals surface area contributed by atoms with E-state index in [1.54, 1.807) is 12.3 Å². The van der Waals surface area contributed by atoms with Gasteiger partial charge in [-0.25, -0.2) is 0 Å². The third-order valence-corrected chi connectivity index (χ3v) is 11.7. The minimum Gasteiger partial charge on any atom is -0.481 e. The number of nitrogens with one attached hydrogen (secondary N) is 6. The summed E-state index contributed by atoms with van der Waals surface area (Å²) in [6, 6.07) is 1.07. The number of fused-ring (bicyclic) bond motifs is 2. The number of benzene rings is 1. The van der Waals surface area contributed by atoms with Crippen molar-refractivity contribution in [1.29, 1.82) is 0 Å². The molecule has 1 aromatic carbocycles. The third-order valence-electron chi connectivity index (χ3n) is 9.24. The van der Waals surface area contributed by atoms with Crippen molar-refractivity contribution in [3.8, 4) is 0 Å². The number of H-pyrrole nitrogens is 1. The van der Waals surface area contributed by atoms with Crippen LogP contribution in [0.3, 0.4) is 0 Å². The number of nitrogens with two attached hydrogens (primary N) is 3. The minimum atomic E-state index is -1.68. The molecule has 2 aliphatic heterocycles. The van der Waals surface area contributed by atoms with Crippen molar-refractivity contribution < 1.29 is 43.5 Å². The van der Waals surface area contributed by atoms with Crippen LogP contribution in [0.2, 0.25) is 0 Å². The molecule has 310 valence electrons. The number of aliphatic carboxylic acids is 1. The summed E-state index contributed by atoms with van der Waals surface area (Å²) in [7, 11) is 2.45. The summed E-state index contributed by atoms with van der Waals surface area (Å²) in [5.41, 5.74) is 17.8. The number of primary amides is 1. The van der Waals surface area contributed by atoms with Gasteiger partial charge in [-0.05, 0) is 43.7 Å². The average Bonchev–Trinajstić information content (AvgIpc) is 3.82. The van der Waals surface area contributed by atoms with E-state index in [1.807, 2.05) is 18.2 Å². The molecule has 20 nitrogen and oxygen atoms in total. The van der Waals surface area contributed by atoms with Crippen LogP contribution in [-0.4, -0.2) is 130 Å². The van der Waals surface area contributed by atoms with Gasteiger partial charge in [-0.3, -0.25) is 43.3 Å². The number of aromatic nitrogens is 1. The van der Waals surface area contributed by atoms with Crippen LogP contribution < -0.4 is 43.8 Å². The van der Waals surface area contributed by atoms with Crippen LogP contribution in [0, 0.1) is 0 Å². The molecule has 1 aromatic heterocycles. The fourth-order valence-corrected chi connectivity index (χ4v) is 8.56. The lowest BCUT2D eigenvalue weighted by Crippen LogP contribution is -2.59. The Kier molecular flexibility index (Phi) is 16.8. The standard InChI is InChI=1S/C35H49N11O9S2/c36-30(51)25-18-57-56-13-10-27(47)42-22(8-3-4-11-39-35(37)38)31(52)41-17-28(48)43-23(15-29(49)50)32(53)44-24(14-19-16-40-21-7-2-1-6-20(19)21)34(55)46-12-5-9-26(46)33(54)45-25/h1-2,6-7,16,22-26,40H,3-5,8-15,17-18H2,(H2,36,51)(H,41,52)(H,42,47)(H,43,48)(H,44,53)(H,45,54)(H,49,50)(H4,37,38,39)/t22-,23+,24+,25+,26+/m1/s1. The number of rotatable bonds is 10. The Hall–Kier alpha value is -5.51. The normalized spacial score (nSPS) is 23.6. The molecule has 4 rings (SSSR count). The fraction of sp³-hybridized carbons (Fsp3) is 0.514. The van der Waals surface area contributed by atoms with Gasteiger partial charge in [-0.15, -0.1) is 0 Å². The van der Waals surface area contributed by atoms with E-state index in [-0.39, 0.29) is 56.2 Å². The number of carbonyl (C=O) groups is 8. The number of carboxylic acids is 1. The van der Waals surface area contributed by atoms with Crippen molar-refractivity contribution in [3.05, 3.63) is 36.0 Å². The van der Waals surface area contributed by atoms with E-state index in [1.165, 1.54) is 26.5 Å². The largest absolute Gasteiger partial charge is 0.481 e. The first-order valence-electron chi connectivity index (χ1n) is 18.4. The molecule has 13 N–H and O–H groups in total. The van der Waals surface area contributed by atoms with Crippen LogP contribution in [-0.2, 0) is 44.8 Å². The van der Waals surface area contributed by atoms with Crippen LogP contribution in [0.5, 0.6) is 0 Å². The highest BCUT2D eigenvalue weighted by molar-refractivity contribution is 8.76. The molecule has 0 aliphatic carbocycles. The molecule has 57 heavy (non-hydrogen) atoms. The number of hydrogen-bond donors (Lipinski definition) is 10. The molecule has 0 saturated carbocycles. The zero-order chi connectivity index (χ0) is 41.5. The predicted molar refractivity (Wildman–Crippen MR) is 213 cm³/mol. The molecular formula is C35H49N11O9S2. The van der Waals surface area contributed by atoms with E-state index in [4.69, 9.17) is 17.2 Å². The highest BCUT2D eigenvalue weighted by Crippen LogP contribution is 2.25. The smallest absolute Gasteiger partial charge is 0.305 e. The molecule has 3 heterocycles. The molecular weight excluding hydrogens is 783 g/mol. The molecule has 2 aliphatic rings. The minimum absolute atomic E-state index is 0.0195. The third kappa shape index (κ3) is 13.6. The van der Waals surface area contributed by atoms with Gasteiger partial charge in [-0.2, -0.15) is 0 Å². The Morgan fingerprint density at radius 3 is 2.37 bits per heavy atom. The molecule has 0 spiro atoms. The van der Waals surface area contributed by atoms with Gasteiger partial charge >= 0.3 is 5.97 Å². The second-order valence-electron chi connectivity index (χ2n) is 13.5. The van der Waals surface area contributed by atoms with Crippen LogP contribution in [0.15, 0.2) is 35.5 Å².